The molecule has 0 radical (unpaired) electrons. The Morgan fingerprint density at radius 2 is 2.00 bits per heavy atom. The number of oxazole rings is 1. The fraction of sp³-hybridized carbons (Fsp3) is 0.0667. The molecule has 2 heterocycles. The predicted molar refractivity (Wildman–Crippen MR) is 76.5 cm³/mol. The van der Waals surface area contributed by atoms with Crippen molar-refractivity contribution in [2.45, 2.75) is 6.92 Å². The third-order valence-electron chi connectivity index (χ3n) is 2.71. The Kier molecular flexibility index (Phi) is 3.53. The Balaban J connectivity index is 2.07. The summed E-state index contributed by atoms with van der Waals surface area (Å²) >= 11 is 1.49. The number of hydrogen-bond donors (Lipinski definition) is 0. The molecule has 0 saturated heterocycles. The zero-order chi connectivity index (χ0) is 14.8. The van der Waals surface area contributed by atoms with E-state index in [2.05, 4.69) is 4.98 Å². The van der Waals surface area contributed by atoms with E-state index in [4.69, 9.17) is 9.15 Å². The van der Waals surface area contributed by atoms with Gasteiger partial charge in [-0.15, -0.1) is 0 Å². The summed E-state index contributed by atoms with van der Waals surface area (Å²) in [4.78, 5) is 15.4. The van der Waals surface area contributed by atoms with Crippen molar-refractivity contribution < 1.29 is 18.3 Å². The molecule has 21 heavy (non-hydrogen) atoms. The molecule has 3 aromatic rings. The van der Waals surface area contributed by atoms with Gasteiger partial charge in [-0.2, -0.15) is 16.3 Å². The van der Waals surface area contributed by atoms with Crippen molar-refractivity contribution in [3.63, 3.8) is 0 Å². The van der Waals surface area contributed by atoms with Crippen molar-refractivity contribution >= 4 is 17.3 Å². The highest BCUT2D eigenvalue weighted by molar-refractivity contribution is 7.08. The fourth-order valence-corrected chi connectivity index (χ4v) is 2.44. The first kappa shape index (κ1) is 13.5. The van der Waals surface area contributed by atoms with Crippen molar-refractivity contribution in [3.8, 4) is 28.7 Å². The van der Waals surface area contributed by atoms with Crippen molar-refractivity contribution in [3.05, 3.63) is 46.9 Å². The second-order valence-corrected chi connectivity index (χ2v) is 5.05. The first-order valence-electron chi connectivity index (χ1n) is 6.11. The van der Waals surface area contributed by atoms with Gasteiger partial charge in [0.25, 0.3) is 5.88 Å². The van der Waals surface area contributed by atoms with E-state index < -0.39 is 5.97 Å². The molecule has 0 N–H and O–H groups in total. The third kappa shape index (κ3) is 2.85. The molecule has 0 atom stereocenters. The van der Waals surface area contributed by atoms with Gasteiger partial charge in [0, 0.05) is 23.4 Å². The number of hydrogen-bond acceptors (Lipinski definition) is 5. The van der Waals surface area contributed by atoms with Crippen LogP contribution in [0.15, 0.2) is 45.5 Å². The molecular formula is C15H10FNO3S. The summed E-state index contributed by atoms with van der Waals surface area (Å²) in [5.74, 6) is -0.0625. The number of benzene rings is 1. The van der Waals surface area contributed by atoms with Crippen molar-refractivity contribution in [2.24, 2.45) is 0 Å². The molecule has 0 fully saturated rings. The molecule has 4 nitrogen and oxygen atoms in total. The molecule has 0 amide bonds. The zero-order valence-corrected chi connectivity index (χ0v) is 11.8. The highest BCUT2D eigenvalue weighted by Gasteiger charge is 2.19. The maximum absolute atomic E-state index is 13.0. The minimum atomic E-state index is -0.481. The molecule has 1 aromatic carbocycles. The molecule has 0 aliphatic rings. The van der Waals surface area contributed by atoms with E-state index in [1.165, 1.54) is 30.4 Å². The van der Waals surface area contributed by atoms with Gasteiger partial charge in [-0.3, -0.25) is 4.79 Å². The second-order valence-electron chi connectivity index (χ2n) is 4.27. The van der Waals surface area contributed by atoms with Gasteiger partial charge in [-0.25, -0.2) is 4.39 Å². The Labute approximate surface area is 123 Å². The van der Waals surface area contributed by atoms with E-state index in [0.29, 0.717) is 11.3 Å². The molecule has 6 heteroatoms. The van der Waals surface area contributed by atoms with Crippen molar-refractivity contribution in [1.82, 2.24) is 4.98 Å². The number of carbonyl (C=O) groups excluding carboxylic acids is 1. The van der Waals surface area contributed by atoms with E-state index in [9.17, 15) is 9.18 Å². The summed E-state index contributed by atoms with van der Waals surface area (Å²) in [7, 11) is 0. The van der Waals surface area contributed by atoms with Crippen LogP contribution in [0.2, 0.25) is 0 Å². The molecule has 0 unspecified atom stereocenters. The molecule has 3 rings (SSSR count). The van der Waals surface area contributed by atoms with Crippen LogP contribution in [0.25, 0.3) is 22.8 Å². The van der Waals surface area contributed by atoms with Crippen LogP contribution in [0.5, 0.6) is 5.88 Å². The number of thiophene rings is 1. The molecule has 0 aliphatic heterocycles. The zero-order valence-electron chi connectivity index (χ0n) is 11.0. The van der Waals surface area contributed by atoms with E-state index in [1.54, 1.807) is 12.1 Å². The molecule has 0 spiro atoms. The molecule has 0 saturated carbocycles. The number of aromatic nitrogens is 1. The first-order chi connectivity index (χ1) is 10.1. The number of ether oxygens (including phenoxy) is 1. The topological polar surface area (TPSA) is 52.3 Å². The Hall–Kier alpha value is -2.47. The fourth-order valence-electron chi connectivity index (χ4n) is 1.80. The first-order valence-corrected chi connectivity index (χ1v) is 7.05. The highest BCUT2D eigenvalue weighted by Crippen LogP contribution is 2.35. The van der Waals surface area contributed by atoms with Gasteiger partial charge in [0.05, 0.1) is 0 Å². The maximum Gasteiger partial charge on any atom is 0.309 e. The monoisotopic (exact) mass is 303 g/mol. The van der Waals surface area contributed by atoms with Crippen LogP contribution in [0, 0.1) is 5.82 Å². The number of carbonyl (C=O) groups is 1. The van der Waals surface area contributed by atoms with Gasteiger partial charge in [-0.1, -0.05) is 0 Å². The Morgan fingerprint density at radius 3 is 2.62 bits per heavy atom. The van der Waals surface area contributed by atoms with Crippen LogP contribution < -0.4 is 4.74 Å². The highest BCUT2D eigenvalue weighted by atomic mass is 32.1. The van der Waals surface area contributed by atoms with Crippen LogP contribution in [0.4, 0.5) is 4.39 Å². The molecule has 2 aromatic heterocycles. The lowest BCUT2D eigenvalue weighted by Crippen LogP contribution is -2.02. The lowest BCUT2D eigenvalue weighted by molar-refractivity contribution is -0.132. The number of esters is 1. The van der Waals surface area contributed by atoms with E-state index in [-0.39, 0.29) is 17.6 Å². The summed E-state index contributed by atoms with van der Waals surface area (Å²) < 4.78 is 23.7. The van der Waals surface area contributed by atoms with Crippen LogP contribution in [-0.2, 0) is 4.79 Å². The molecule has 0 aliphatic carbocycles. The van der Waals surface area contributed by atoms with E-state index in [0.717, 1.165) is 5.56 Å². The summed E-state index contributed by atoms with van der Waals surface area (Å²) in [5, 5.41) is 3.74. The Morgan fingerprint density at radius 1 is 1.24 bits per heavy atom. The average Bonchev–Trinajstić information content (AvgIpc) is 3.08. The normalized spacial score (nSPS) is 10.6. The summed E-state index contributed by atoms with van der Waals surface area (Å²) in [6.45, 7) is 1.30. The van der Waals surface area contributed by atoms with Gasteiger partial charge < -0.3 is 9.15 Å². The van der Waals surface area contributed by atoms with Gasteiger partial charge >= 0.3 is 5.97 Å². The van der Waals surface area contributed by atoms with E-state index in [1.807, 2.05) is 16.8 Å². The van der Waals surface area contributed by atoms with Crippen LogP contribution in [-0.4, -0.2) is 11.0 Å². The minimum Gasteiger partial charge on any atom is -0.432 e. The summed E-state index contributed by atoms with van der Waals surface area (Å²) in [6, 6.07) is 7.57. The summed E-state index contributed by atoms with van der Waals surface area (Å²) in [6.07, 6.45) is 0. The molecule has 106 valence electrons. The van der Waals surface area contributed by atoms with Gasteiger partial charge in [-0.05, 0) is 35.7 Å². The molecular weight excluding hydrogens is 293 g/mol. The smallest absolute Gasteiger partial charge is 0.309 e. The quantitative estimate of drug-likeness (QED) is 0.682. The van der Waals surface area contributed by atoms with Crippen molar-refractivity contribution in [2.75, 3.05) is 0 Å². The number of nitrogens with zero attached hydrogens (tertiary/aromatic N) is 1. The lowest BCUT2D eigenvalue weighted by Gasteiger charge is -1.96. The van der Waals surface area contributed by atoms with Crippen LogP contribution in [0.1, 0.15) is 6.92 Å². The number of halogens is 1. The maximum atomic E-state index is 13.0. The van der Waals surface area contributed by atoms with E-state index >= 15 is 0 Å². The second kappa shape index (κ2) is 5.49. The minimum absolute atomic E-state index is 0.111. The summed E-state index contributed by atoms with van der Waals surface area (Å²) in [5.41, 5.74) is 1.38. The average molecular weight is 303 g/mol. The van der Waals surface area contributed by atoms with Gasteiger partial charge in [0.2, 0.25) is 5.89 Å². The SMILES string of the molecule is CC(=O)Oc1nc(-c2ccc(F)cc2)oc1-c1ccsc1. The Bertz CT molecular complexity index is 763. The number of rotatable bonds is 3. The van der Waals surface area contributed by atoms with Crippen LogP contribution >= 0.6 is 11.3 Å². The lowest BCUT2D eigenvalue weighted by atomic mass is 10.2. The largest absolute Gasteiger partial charge is 0.432 e. The van der Waals surface area contributed by atoms with Gasteiger partial charge in [0.15, 0.2) is 5.76 Å². The van der Waals surface area contributed by atoms with Gasteiger partial charge in [0.1, 0.15) is 5.82 Å². The standard InChI is InChI=1S/C15H10FNO3S/c1-9(18)19-15-13(11-6-7-21-8-11)20-14(17-15)10-2-4-12(16)5-3-10/h2-8H,1H3. The third-order valence-corrected chi connectivity index (χ3v) is 3.39. The van der Waals surface area contributed by atoms with Crippen LogP contribution in [0.3, 0.4) is 0 Å². The predicted octanol–water partition coefficient (Wildman–Crippen LogP) is 4.13. The molecule has 0 bridgehead atoms. The van der Waals surface area contributed by atoms with Crippen molar-refractivity contribution in [1.29, 1.82) is 0 Å².